The van der Waals surface area contributed by atoms with Crippen molar-refractivity contribution in [3.05, 3.63) is 23.9 Å². The highest BCUT2D eigenvalue weighted by molar-refractivity contribution is 5.17. The van der Waals surface area contributed by atoms with Crippen LogP contribution in [-0.4, -0.2) is 30.8 Å². The standard InChI is InChI=1S/C15H26N2O2/c1-12(2)9-16-10-14-5-6-15(17-11-14)19-8-7-18-13(3)4/h5-6,11-13,16H,7-10H2,1-4H3. The summed E-state index contributed by atoms with van der Waals surface area (Å²) in [5.74, 6) is 1.32. The lowest BCUT2D eigenvalue weighted by molar-refractivity contribution is 0.0542. The quantitative estimate of drug-likeness (QED) is 0.698. The number of nitrogens with zero attached hydrogens (tertiary/aromatic N) is 1. The number of rotatable bonds is 9. The molecular formula is C15H26N2O2. The molecule has 1 rings (SSSR count). The van der Waals surface area contributed by atoms with Crippen LogP contribution in [0.25, 0.3) is 0 Å². The van der Waals surface area contributed by atoms with E-state index in [0.717, 1.165) is 13.1 Å². The number of nitrogens with one attached hydrogen (secondary N) is 1. The van der Waals surface area contributed by atoms with E-state index in [4.69, 9.17) is 9.47 Å². The fraction of sp³-hybridized carbons (Fsp3) is 0.667. The Morgan fingerprint density at radius 1 is 1.16 bits per heavy atom. The van der Waals surface area contributed by atoms with E-state index < -0.39 is 0 Å². The molecule has 0 aliphatic heterocycles. The maximum Gasteiger partial charge on any atom is 0.213 e. The molecule has 1 aromatic heterocycles. The average molecular weight is 266 g/mol. The second-order valence-electron chi connectivity index (χ2n) is 5.30. The Bertz CT molecular complexity index is 337. The van der Waals surface area contributed by atoms with Gasteiger partial charge in [0.15, 0.2) is 0 Å². The number of hydrogen-bond donors (Lipinski definition) is 1. The molecule has 0 saturated heterocycles. The molecule has 4 heteroatoms. The van der Waals surface area contributed by atoms with E-state index in [9.17, 15) is 0 Å². The van der Waals surface area contributed by atoms with Crippen LogP contribution in [0.5, 0.6) is 5.88 Å². The normalized spacial score (nSPS) is 11.3. The topological polar surface area (TPSA) is 43.4 Å². The highest BCUT2D eigenvalue weighted by Crippen LogP contribution is 2.07. The molecule has 1 N–H and O–H groups in total. The molecule has 19 heavy (non-hydrogen) atoms. The van der Waals surface area contributed by atoms with E-state index in [2.05, 4.69) is 24.1 Å². The fourth-order valence-electron chi connectivity index (χ4n) is 1.54. The third kappa shape index (κ3) is 7.80. The second-order valence-corrected chi connectivity index (χ2v) is 5.30. The molecule has 0 fully saturated rings. The zero-order chi connectivity index (χ0) is 14.1. The number of pyridine rings is 1. The first-order chi connectivity index (χ1) is 9.08. The zero-order valence-electron chi connectivity index (χ0n) is 12.5. The van der Waals surface area contributed by atoms with Crippen LogP contribution >= 0.6 is 0 Å². The van der Waals surface area contributed by atoms with Gasteiger partial charge in [-0.1, -0.05) is 19.9 Å². The van der Waals surface area contributed by atoms with Gasteiger partial charge in [-0.05, 0) is 31.9 Å². The molecular weight excluding hydrogens is 240 g/mol. The minimum atomic E-state index is 0.242. The van der Waals surface area contributed by atoms with Crippen LogP contribution in [0.15, 0.2) is 18.3 Å². The van der Waals surface area contributed by atoms with E-state index in [1.165, 1.54) is 5.56 Å². The van der Waals surface area contributed by atoms with Gasteiger partial charge < -0.3 is 14.8 Å². The zero-order valence-corrected chi connectivity index (χ0v) is 12.5. The fourth-order valence-corrected chi connectivity index (χ4v) is 1.54. The Morgan fingerprint density at radius 3 is 2.53 bits per heavy atom. The van der Waals surface area contributed by atoms with Crippen molar-refractivity contribution in [3.8, 4) is 5.88 Å². The van der Waals surface area contributed by atoms with E-state index in [1.807, 2.05) is 32.2 Å². The van der Waals surface area contributed by atoms with Gasteiger partial charge in [-0.2, -0.15) is 0 Å². The maximum atomic E-state index is 5.50. The van der Waals surface area contributed by atoms with E-state index in [1.54, 1.807) is 0 Å². The minimum Gasteiger partial charge on any atom is -0.475 e. The van der Waals surface area contributed by atoms with Gasteiger partial charge in [-0.25, -0.2) is 4.98 Å². The van der Waals surface area contributed by atoms with Crippen LogP contribution in [0.1, 0.15) is 33.3 Å². The molecule has 0 amide bonds. The summed E-state index contributed by atoms with van der Waals surface area (Å²) in [4.78, 5) is 4.28. The van der Waals surface area contributed by atoms with Gasteiger partial charge in [0.25, 0.3) is 0 Å². The van der Waals surface area contributed by atoms with Crippen molar-refractivity contribution >= 4 is 0 Å². The third-order valence-electron chi connectivity index (χ3n) is 2.46. The summed E-state index contributed by atoms with van der Waals surface area (Å²) in [7, 11) is 0. The molecule has 4 nitrogen and oxygen atoms in total. The highest BCUT2D eigenvalue weighted by atomic mass is 16.5. The lowest BCUT2D eigenvalue weighted by Gasteiger charge is -2.10. The molecule has 108 valence electrons. The minimum absolute atomic E-state index is 0.242. The first-order valence-corrected chi connectivity index (χ1v) is 6.98. The summed E-state index contributed by atoms with van der Waals surface area (Å²) < 4.78 is 10.9. The summed E-state index contributed by atoms with van der Waals surface area (Å²) in [5.41, 5.74) is 1.17. The van der Waals surface area contributed by atoms with Crippen molar-refractivity contribution in [1.29, 1.82) is 0 Å². The van der Waals surface area contributed by atoms with Gasteiger partial charge in [-0.3, -0.25) is 0 Å². The van der Waals surface area contributed by atoms with Gasteiger partial charge >= 0.3 is 0 Å². The Morgan fingerprint density at radius 2 is 1.95 bits per heavy atom. The van der Waals surface area contributed by atoms with E-state index >= 15 is 0 Å². The Labute approximate surface area is 116 Å². The largest absolute Gasteiger partial charge is 0.475 e. The Kier molecular flexibility index (Phi) is 7.45. The molecule has 0 unspecified atom stereocenters. The van der Waals surface area contributed by atoms with Crippen molar-refractivity contribution in [2.24, 2.45) is 5.92 Å². The predicted molar refractivity (Wildman–Crippen MR) is 77.4 cm³/mol. The molecule has 1 aromatic rings. The Balaban J connectivity index is 2.23. The SMILES string of the molecule is CC(C)CNCc1ccc(OCCOC(C)C)nc1. The summed E-state index contributed by atoms with van der Waals surface area (Å²) in [6.07, 6.45) is 2.09. The van der Waals surface area contributed by atoms with Gasteiger partial charge in [-0.15, -0.1) is 0 Å². The van der Waals surface area contributed by atoms with Crippen molar-refractivity contribution < 1.29 is 9.47 Å². The summed E-state index contributed by atoms with van der Waals surface area (Å²) >= 11 is 0. The molecule has 0 radical (unpaired) electrons. The summed E-state index contributed by atoms with van der Waals surface area (Å²) in [6, 6.07) is 3.95. The van der Waals surface area contributed by atoms with Crippen LogP contribution < -0.4 is 10.1 Å². The summed E-state index contributed by atoms with van der Waals surface area (Å²) in [5, 5.41) is 3.38. The van der Waals surface area contributed by atoms with Crippen molar-refractivity contribution in [1.82, 2.24) is 10.3 Å². The van der Waals surface area contributed by atoms with Crippen molar-refractivity contribution in [2.75, 3.05) is 19.8 Å². The summed E-state index contributed by atoms with van der Waals surface area (Å²) in [6.45, 7) is 11.4. The van der Waals surface area contributed by atoms with Gasteiger partial charge in [0, 0.05) is 18.8 Å². The number of aromatic nitrogens is 1. The molecule has 0 aliphatic carbocycles. The molecule has 0 bridgehead atoms. The molecule has 0 aliphatic rings. The lowest BCUT2D eigenvalue weighted by Crippen LogP contribution is -2.19. The van der Waals surface area contributed by atoms with Crippen molar-refractivity contribution in [3.63, 3.8) is 0 Å². The van der Waals surface area contributed by atoms with Crippen LogP contribution in [0.2, 0.25) is 0 Å². The molecule has 1 heterocycles. The first kappa shape index (κ1) is 15.9. The van der Waals surface area contributed by atoms with E-state index in [-0.39, 0.29) is 6.10 Å². The van der Waals surface area contributed by atoms with Gasteiger partial charge in [0.05, 0.1) is 12.7 Å². The maximum absolute atomic E-state index is 5.50. The molecule has 0 aromatic carbocycles. The highest BCUT2D eigenvalue weighted by Gasteiger charge is 1.99. The lowest BCUT2D eigenvalue weighted by atomic mass is 10.2. The number of hydrogen-bond acceptors (Lipinski definition) is 4. The van der Waals surface area contributed by atoms with Crippen LogP contribution in [0.4, 0.5) is 0 Å². The van der Waals surface area contributed by atoms with Crippen LogP contribution in [0.3, 0.4) is 0 Å². The third-order valence-corrected chi connectivity index (χ3v) is 2.46. The first-order valence-electron chi connectivity index (χ1n) is 6.98. The van der Waals surface area contributed by atoms with Crippen LogP contribution in [0, 0.1) is 5.92 Å². The van der Waals surface area contributed by atoms with Crippen LogP contribution in [-0.2, 0) is 11.3 Å². The van der Waals surface area contributed by atoms with Gasteiger partial charge in [0.1, 0.15) is 6.61 Å². The molecule has 0 spiro atoms. The van der Waals surface area contributed by atoms with Gasteiger partial charge in [0.2, 0.25) is 5.88 Å². The monoisotopic (exact) mass is 266 g/mol. The number of ether oxygens (including phenoxy) is 2. The smallest absolute Gasteiger partial charge is 0.213 e. The predicted octanol–water partition coefficient (Wildman–Crippen LogP) is 2.63. The van der Waals surface area contributed by atoms with Crippen molar-refractivity contribution in [2.45, 2.75) is 40.3 Å². The average Bonchev–Trinajstić information content (AvgIpc) is 2.36. The second kappa shape index (κ2) is 8.88. The Hall–Kier alpha value is -1.13. The van der Waals surface area contributed by atoms with E-state index in [0.29, 0.717) is 25.0 Å². The molecule has 0 atom stereocenters. The molecule has 0 saturated carbocycles.